The maximum Gasteiger partial charge on any atom is 0.446 e. The van der Waals surface area contributed by atoms with Gasteiger partial charge in [0.15, 0.2) is 0 Å². The quantitative estimate of drug-likeness (QED) is 0.758. The number of benzene rings is 1. The average molecular weight is 206 g/mol. The maximum absolute atomic E-state index is 12.0. The monoisotopic (exact) mass is 206 g/mol. The Morgan fingerprint density at radius 1 is 1.31 bits per heavy atom. The third kappa shape index (κ3) is 3.39. The van der Waals surface area contributed by atoms with Crippen molar-refractivity contribution >= 4 is 10.4 Å². The summed E-state index contributed by atoms with van der Waals surface area (Å²) >= 11 is 0. The molecule has 0 radical (unpaired) electrons. The van der Waals surface area contributed by atoms with Gasteiger partial charge < -0.3 is 4.18 Å². The Hall–Kier alpha value is -1.14. The molecule has 0 saturated carbocycles. The van der Waals surface area contributed by atoms with Gasteiger partial charge in [0.05, 0.1) is 0 Å². The van der Waals surface area contributed by atoms with Crippen molar-refractivity contribution in [2.45, 2.75) is 6.67 Å². The number of halogens is 1. The lowest BCUT2D eigenvalue weighted by atomic mass is 10.2. The first-order chi connectivity index (χ1) is 6.01. The zero-order valence-electron chi connectivity index (χ0n) is 6.47. The van der Waals surface area contributed by atoms with Crippen LogP contribution in [-0.2, 0) is 17.1 Å². The van der Waals surface area contributed by atoms with Crippen LogP contribution in [0.1, 0.15) is 5.56 Å². The van der Waals surface area contributed by atoms with Gasteiger partial charge in [-0.05, 0) is 17.7 Å². The normalized spacial score (nSPS) is 11.2. The van der Waals surface area contributed by atoms with Crippen LogP contribution >= 0.6 is 0 Å². The molecule has 0 aliphatic carbocycles. The summed E-state index contributed by atoms with van der Waals surface area (Å²) in [5.41, 5.74) is 0.405. The SMILES string of the molecule is O=S(=O)(O)Oc1ccc(CF)cc1. The first-order valence-corrected chi connectivity index (χ1v) is 4.69. The molecule has 0 atom stereocenters. The first-order valence-electron chi connectivity index (χ1n) is 3.33. The molecule has 0 aliphatic heterocycles. The fourth-order valence-corrected chi connectivity index (χ4v) is 1.11. The molecule has 1 aromatic rings. The molecular weight excluding hydrogens is 199 g/mol. The Labute approximate surface area is 74.9 Å². The summed E-state index contributed by atoms with van der Waals surface area (Å²) in [7, 11) is -4.49. The minimum atomic E-state index is -4.49. The molecule has 1 N–H and O–H groups in total. The standard InChI is InChI=1S/C7H7FO4S/c8-5-6-1-3-7(4-2-6)12-13(9,10)11/h1-4H,5H2,(H,9,10,11). The molecule has 0 fully saturated rings. The van der Waals surface area contributed by atoms with Crippen molar-refractivity contribution in [1.29, 1.82) is 0 Å². The van der Waals surface area contributed by atoms with Gasteiger partial charge in [0.25, 0.3) is 0 Å². The average Bonchev–Trinajstić information content (AvgIpc) is 2.03. The Bertz CT molecular complexity index is 370. The molecule has 0 aliphatic rings. The molecule has 72 valence electrons. The van der Waals surface area contributed by atoms with E-state index >= 15 is 0 Å². The van der Waals surface area contributed by atoms with Crippen molar-refractivity contribution in [2.75, 3.05) is 0 Å². The van der Waals surface area contributed by atoms with Gasteiger partial charge in [-0.2, -0.15) is 8.42 Å². The first kappa shape index (κ1) is 9.94. The van der Waals surface area contributed by atoms with Crippen molar-refractivity contribution in [3.05, 3.63) is 29.8 Å². The van der Waals surface area contributed by atoms with Crippen molar-refractivity contribution in [3.63, 3.8) is 0 Å². The smallest absolute Gasteiger partial charge is 0.362 e. The summed E-state index contributed by atoms with van der Waals surface area (Å²) in [6, 6.07) is 5.23. The van der Waals surface area contributed by atoms with Crippen LogP contribution in [0.3, 0.4) is 0 Å². The highest BCUT2D eigenvalue weighted by molar-refractivity contribution is 7.81. The van der Waals surface area contributed by atoms with Crippen LogP contribution < -0.4 is 4.18 Å². The molecule has 0 bridgehead atoms. The number of hydrogen-bond donors (Lipinski definition) is 1. The summed E-state index contributed by atoms with van der Waals surface area (Å²) in [6.45, 7) is -0.633. The second-order valence-corrected chi connectivity index (χ2v) is 3.31. The summed E-state index contributed by atoms with van der Waals surface area (Å²) in [5, 5.41) is 0. The second kappa shape index (κ2) is 3.71. The highest BCUT2D eigenvalue weighted by Gasteiger charge is 2.05. The molecule has 0 unspecified atom stereocenters. The molecule has 0 heterocycles. The Kier molecular flexibility index (Phi) is 2.84. The summed E-state index contributed by atoms with van der Waals surface area (Å²) in [6.07, 6.45) is 0. The molecule has 1 aromatic carbocycles. The van der Waals surface area contributed by atoms with E-state index in [1.54, 1.807) is 0 Å². The van der Waals surface area contributed by atoms with Gasteiger partial charge in [-0.15, -0.1) is 0 Å². The minimum Gasteiger partial charge on any atom is -0.362 e. The molecular formula is C7H7FO4S. The highest BCUT2D eigenvalue weighted by atomic mass is 32.3. The third-order valence-corrected chi connectivity index (χ3v) is 1.68. The lowest BCUT2D eigenvalue weighted by Crippen LogP contribution is -2.06. The van der Waals surface area contributed by atoms with E-state index in [4.69, 9.17) is 4.55 Å². The van der Waals surface area contributed by atoms with Crippen molar-refractivity contribution < 1.29 is 21.5 Å². The molecule has 6 heteroatoms. The highest BCUT2D eigenvalue weighted by Crippen LogP contribution is 2.14. The van der Waals surface area contributed by atoms with Crippen LogP contribution in [0.25, 0.3) is 0 Å². The van der Waals surface area contributed by atoms with Gasteiger partial charge >= 0.3 is 10.4 Å². The molecule has 0 saturated heterocycles. The maximum atomic E-state index is 12.0. The molecule has 0 aromatic heterocycles. The van der Waals surface area contributed by atoms with E-state index in [9.17, 15) is 12.8 Å². The zero-order chi connectivity index (χ0) is 9.90. The summed E-state index contributed by atoms with van der Waals surface area (Å²) in [4.78, 5) is 0. The number of rotatable bonds is 3. The van der Waals surface area contributed by atoms with E-state index in [1.807, 2.05) is 0 Å². The molecule has 4 nitrogen and oxygen atoms in total. The van der Waals surface area contributed by atoms with E-state index < -0.39 is 17.1 Å². The fourth-order valence-electron chi connectivity index (χ4n) is 0.756. The van der Waals surface area contributed by atoms with Crippen LogP contribution in [0.2, 0.25) is 0 Å². The van der Waals surface area contributed by atoms with Crippen molar-refractivity contribution in [3.8, 4) is 5.75 Å². The van der Waals surface area contributed by atoms with Crippen molar-refractivity contribution in [2.24, 2.45) is 0 Å². The Morgan fingerprint density at radius 3 is 2.23 bits per heavy atom. The number of hydrogen-bond acceptors (Lipinski definition) is 3. The molecule has 13 heavy (non-hydrogen) atoms. The molecule has 1 rings (SSSR count). The largest absolute Gasteiger partial charge is 0.446 e. The van der Waals surface area contributed by atoms with E-state index in [0.29, 0.717) is 5.56 Å². The van der Waals surface area contributed by atoms with Gasteiger partial charge in [-0.1, -0.05) is 12.1 Å². The lowest BCUT2D eigenvalue weighted by Gasteiger charge is -2.00. The van der Waals surface area contributed by atoms with Gasteiger partial charge in [-0.3, -0.25) is 4.55 Å². The van der Waals surface area contributed by atoms with E-state index in [2.05, 4.69) is 4.18 Å². The Balaban J connectivity index is 2.81. The van der Waals surface area contributed by atoms with E-state index in [0.717, 1.165) is 0 Å². The fraction of sp³-hybridized carbons (Fsp3) is 0.143. The minimum absolute atomic E-state index is 0.0558. The van der Waals surface area contributed by atoms with Crippen LogP contribution in [0.15, 0.2) is 24.3 Å². The lowest BCUT2D eigenvalue weighted by molar-refractivity contribution is 0.386. The van der Waals surface area contributed by atoms with Crippen LogP contribution in [0, 0.1) is 0 Å². The van der Waals surface area contributed by atoms with Gasteiger partial charge in [0.1, 0.15) is 12.4 Å². The van der Waals surface area contributed by atoms with E-state index in [1.165, 1.54) is 24.3 Å². The van der Waals surface area contributed by atoms with Crippen LogP contribution in [-0.4, -0.2) is 13.0 Å². The summed E-state index contributed by atoms with van der Waals surface area (Å²) in [5.74, 6) is -0.0558. The van der Waals surface area contributed by atoms with Gasteiger partial charge in [0, 0.05) is 0 Å². The zero-order valence-corrected chi connectivity index (χ0v) is 7.29. The third-order valence-electron chi connectivity index (χ3n) is 1.28. The number of alkyl halides is 1. The predicted octanol–water partition coefficient (Wildman–Crippen LogP) is 1.34. The van der Waals surface area contributed by atoms with Crippen molar-refractivity contribution in [1.82, 2.24) is 0 Å². The van der Waals surface area contributed by atoms with Gasteiger partial charge in [0.2, 0.25) is 0 Å². The topological polar surface area (TPSA) is 63.6 Å². The second-order valence-electron chi connectivity index (χ2n) is 2.29. The van der Waals surface area contributed by atoms with Gasteiger partial charge in [-0.25, -0.2) is 4.39 Å². The van der Waals surface area contributed by atoms with Crippen LogP contribution in [0.4, 0.5) is 4.39 Å². The molecule has 0 amide bonds. The van der Waals surface area contributed by atoms with E-state index in [-0.39, 0.29) is 5.75 Å². The Morgan fingerprint density at radius 2 is 1.85 bits per heavy atom. The van der Waals surface area contributed by atoms with Crippen LogP contribution in [0.5, 0.6) is 5.75 Å². The summed E-state index contributed by atoms with van der Waals surface area (Å²) < 4.78 is 44.8. The predicted molar refractivity (Wildman–Crippen MR) is 43.4 cm³/mol. The molecule has 0 spiro atoms.